The van der Waals surface area contributed by atoms with Gasteiger partial charge in [-0.2, -0.15) is 0 Å². The molecule has 1 rings (SSSR count). The smallest absolute Gasteiger partial charge is 0.410 e. The van der Waals surface area contributed by atoms with Gasteiger partial charge in [-0.25, -0.2) is 4.79 Å². The number of hydrogen-bond donors (Lipinski definition) is 1. The van der Waals surface area contributed by atoms with Crippen LogP contribution < -0.4 is 5.32 Å². The first kappa shape index (κ1) is 15.8. The Morgan fingerprint density at radius 2 is 1.95 bits per heavy atom. The van der Waals surface area contributed by atoms with Crippen LogP contribution in [0.1, 0.15) is 47.0 Å². The molecule has 1 aliphatic rings. The number of rotatable bonds is 5. The van der Waals surface area contributed by atoms with Crippen molar-refractivity contribution >= 4 is 12.0 Å². The molecule has 1 N–H and O–H groups in total. The highest BCUT2D eigenvalue weighted by Gasteiger charge is 2.29. The molecular formula is C14H26N2O3. The molecule has 0 aliphatic heterocycles. The molecule has 0 aromatic carbocycles. The van der Waals surface area contributed by atoms with E-state index >= 15 is 0 Å². The molecule has 0 radical (unpaired) electrons. The van der Waals surface area contributed by atoms with Crippen molar-refractivity contribution in [3.63, 3.8) is 0 Å². The Morgan fingerprint density at radius 3 is 2.42 bits per heavy atom. The van der Waals surface area contributed by atoms with Gasteiger partial charge < -0.3 is 15.0 Å². The maximum atomic E-state index is 11.8. The van der Waals surface area contributed by atoms with Gasteiger partial charge in [0.2, 0.25) is 5.91 Å². The zero-order valence-electron chi connectivity index (χ0n) is 12.7. The van der Waals surface area contributed by atoms with Crippen LogP contribution in [0.2, 0.25) is 0 Å². The quantitative estimate of drug-likeness (QED) is 0.833. The summed E-state index contributed by atoms with van der Waals surface area (Å²) in [6.45, 7) is 8.09. The highest BCUT2D eigenvalue weighted by Crippen LogP contribution is 2.28. The van der Waals surface area contributed by atoms with Crippen molar-refractivity contribution in [3.05, 3.63) is 0 Å². The highest BCUT2D eigenvalue weighted by molar-refractivity contribution is 5.80. The summed E-state index contributed by atoms with van der Waals surface area (Å²) in [5, 5.41) is 2.90. The summed E-state index contributed by atoms with van der Waals surface area (Å²) in [5.41, 5.74) is -0.481. The largest absolute Gasteiger partial charge is 0.444 e. The molecule has 0 saturated heterocycles. The molecule has 1 aliphatic carbocycles. The summed E-state index contributed by atoms with van der Waals surface area (Å²) in [6, 6.07) is 0.0364. The van der Waals surface area contributed by atoms with Gasteiger partial charge in [0.25, 0.3) is 0 Å². The Labute approximate surface area is 115 Å². The highest BCUT2D eigenvalue weighted by atomic mass is 16.6. The van der Waals surface area contributed by atoms with E-state index < -0.39 is 5.60 Å². The Morgan fingerprint density at radius 1 is 1.37 bits per heavy atom. The van der Waals surface area contributed by atoms with Crippen molar-refractivity contribution < 1.29 is 14.3 Å². The summed E-state index contributed by atoms with van der Waals surface area (Å²) < 4.78 is 5.30. The molecule has 1 fully saturated rings. The molecule has 0 spiro atoms. The van der Waals surface area contributed by atoms with Crippen LogP contribution >= 0.6 is 0 Å². The predicted octanol–water partition coefficient (Wildman–Crippen LogP) is 2.16. The minimum absolute atomic E-state index is 0.0364. The van der Waals surface area contributed by atoms with Crippen LogP contribution in [0.5, 0.6) is 0 Å². The Kier molecular flexibility index (Phi) is 5.20. The normalized spacial score (nSPS) is 16.7. The lowest BCUT2D eigenvalue weighted by Crippen LogP contribution is -2.41. The molecule has 5 nitrogen and oxygen atoms in total. The van der Waals surface area contributed by atoms with Gasteiger partial charge in [0.1, 0.15) is 5.60 Å². The summed E-state index contributed by atoms with van der Waals surface area (Å²) in [7, 11) is 1.72. The third-order valence-corrected chi connectivity index (χ3v) is 3.15. The van der Waals surface area contributed by atoms with Crippen molar-refractivity contribution in [1.29, 1.82) is 0 Å². The monoisotopic (exact) mass is 270 g/mol. The first-order chi connectivity index (χ1) is 8.70. The fraction of sp³-hybridized carbons (Fsp3) is 0.857. The van der Waals surface area contributed by atoms with Crippen molar-refractivity contribution in [1.82, 2.24) is 10.2 Å². The standard InChI is InChI=1S/C14H26N2O3/c1-10(8-9-15-12(17)11-6-7-11)16(5)13(18)19-14(2,3)4/h10-11H,6-9H2,1-5H3,(H,15,17)/t10-/m1/s1. The van der Waals surface area contributed by atoms with E-state index in [1.807, 2.05) is 27.7 Å². The maximum Gasteiger partial charge on any atom is 0.410 e. The molecule has 0 heterocycles. The lowest BCUT2D eigenvalue weighted by molar-refractivity contribution is -0.122. The van der Waals surface area contributed by atoms with Crippen molar-refractivity contribution in [2.24, 2.45) is 5.92 Å². The second-order valence-corrected chi connectivity index (χ2v) is 6.29. The number of carbonyl (C=O) groups excluding carboxylic acids is 2. The van der Waals surface area contributed by atoms with E-state index in [0.29, 0.717) is 6.54 Å². The van der Waals surface area contributed by atoms with Gasteiger partial charge in [-0.15, -0.1) is 0 Å². The van der Waals surface area contributed by atoms with Gasteiger partial charge in [-0.1, -0.05) is 0 Å². The second kappa shape index (κ2) is 6.26. The van der Waals surface area contributed by atoms with E-state index in [0.717, 1.165) is 19.3 Å². The Bertz CT molecular complexity index is 332. The van der Waals surface area contributed by atoms with E-state index in [-0.39, 0.29) is 24.0 Å². The second-order valence-electron chi connectivity index (χ2n) is 6.29. The molecule has 1 atom stereocenters. The molecule has 0 bridgehead atoms. The van der Waals surface area contributed by atoms with Gasteiger partial charge >= 0.3 is 6.09 Å². The first-order valence-corrected chi connectivity index (χ1v) is 6.94. The van der Waals surface area contributed by atoms with Crippen molar-refractivity contribution in [3.8, 4) is 0 Å². The van der Waals surface area contributed by atoms with E-state index in [2.05, 4.69) is 5.32 Å². The van der Waals surface area contributed by atoms with Crippen molar-refractivity contribution in [2.45, 2.75) is 58.6 Å². The summed E-state index contributed by atoms with van der Waals surface area (Å²) >= 11 is 0. The predicted molar refractivity (Wildman–Crippen MR) is 73.8 cm³/mol. The number of ether oxygens (including phenoxy) is 1. The van der Waals surface area contributed by atoms with Gasteiger partial charge in [-0.3, -0.25) is 4.79 Å². The molecule has 5 heteroatoms. The number of amides is 2. The molecular weight excluding hydrogens is 244 g/mol. The lowest BCUT2D eigenvalue weighted by atomic mass is 10.2. The van der Waals surface area contributed by atoms with Gasteiger partial charge in [0, 0.05) is 25.6 Å². The molecule has 19 heavy (non-hydrogen) atoms. The first-order valence-electron chi connectivity index (χ1n) is 6.94. The fourth-order valence-electron chi connectivity index (χ4n) is 1.60. The van der Waals surface area contributed by atoms with E-state index in [1.54, 1.807) is 11.9 Å². The van der Waals surface area contributed by atoms with Gasteiger partial charge in [0.15, 0.2) is 0 Å². The molecule has 0 aromatic rings. The summed E-state index contributed by atoms with van der Waals surface area (Å²) in [4.78, 5) is 24.9. The minimum Gasteiger partial charge on any atom is -0.444 e. The van der Waals surface area contributed by atoms with Crippen molar-refractivity contribution in [2.75, 3.05) is 13.6 Å². The Balaban J connectivity index is 2.25. The van der Waals surface area contributed by atoms with Crippen LogP contribution in [0.25, 0.3) is 0 Å². The van der Waals surface area contributed by atoms with Gasteiger partial charge in [-0.05, 0) is 47.0 Å². The van der Waals surface area contributed by atoms with E-state index in [4.69, 9.17) is 4.74 Å². The molecule has 0 aromatic heterocycles. The number of carbonyl (C=O) groups is 2. The average Bonchev–Trinajstić information content (AvgIpc) is 3.08. The van der Waals surface area contributed by atoms with Crippen LogP contribution in [-0.4, -0.2) is 42.1 Å². The molecule has 110 valence electrons. The third kappa shape index (κ3) is 5.94. The number of nitrogens with zero attached hydrogens (tertiary/aromatic N) is 1. The molecule has 2 amide bonds. The van der Waals surface area contributed by atoms with Gasteiger partial charge in [0.05, 0.1) is 0 Å². The third-order valence-electron chi connectivity index (χ3n) is 3.15. The maximum absolute atomic E-state index is 11.8. The zero-order chi connectivity index (χ0) is 14.6. The summed E-state index contributed by atoms with van der Waals surface area (Å²) in [5.74, 6) is 0.381. The zero-order valence-corrected chi connectivity index (χ0v) is 12.7. The Hall–Kier alpha value is -1.26. The van der Waals surface area contributed by atoms with Crippen LogP contribution in [0, 0.1) is 5.92 Å². The number of nitrogens with one attached hydrogen (secondary N) is 1. The average molecular weight is 270 g/mol. The summed E-state index contributed by atoms with van der Waals surface area (Å²) in [6.07, 6.45) is 2.43. The fourth-order valence-corrected chi connectivity index (χ4v) is 1.60. The lowest BCUT2D eigenvalue weighted by Gasteiger charge is -2.28. The minimum atomic E-state index is -0.481. The van der Waals surface area contributed by atoms with Crippen LogP contribution in [0.4, 0.5) is 4.79 Å². The topological polar surface area (TPSA) is 58.6 Å². The van der Waals surface area contributed by atoms with Crippen LogP contribution in [-0.2, 0) is 9.53 Å². The van der Waals surface area contributed by atoms with Crippen LogP contribution in [0.15, 0.2) is 0 Å². The van der Waals surface area contributed by atoms with E-state index in [1.165, 1.54) is 0 Å². The SMILES string of the molecule is C[C@H](CCNC(=O)C1CC1)N(C)C(=O)OC(C)(C)C. The van der Waals surface area contributed by atoms with E-state index in [9.17, 15) is 9.59 Å². The number of hydrogen-bond acceptors (Lipinski definition) is 3. The molecule has 0 unspecified atom stereocenters. The van der Waals surface area contributed by atoms with Crippen LogP contribution in [0.3, 0.4) is 0 Å². The molecule has 1 saturated carbocycles.